The van der Waals surface area contributed by atoms with E-state index in [1.807, 2.05) is 0 Å². The predicted octanol–water partition coefficient (Wildman–Crippen LogP) is -0.423. The summed E-state index contributed by atoms with van der Waals surface area (Å²) in [7, 11) is -1.40. The minimum Gasteiger partial charge on any atom is -0.383 e. The van der Waals surface area contributed by atoms with Crippen molar-refractivity contribution in [3.8, 4) is 6.07 Å². The highest BCUT2D eigenvalue weighted by atomic mass is 32.2. The van der Waals surface area contributed by atoms with Crippen molar-refractivity contribution in [2.24, 2.45) is 5.41 Å². The molecule has 0 spiro atoms. The van der Waals surface area contributed by atoms with Gasteiger partial charge in [-0.2, -0.15) is 5.26 Å². The lowest BCUT2D eigenvalue weighted by Crippen LogP contribution is -2.49. The molecule has 0 aromatic rings. The summed E-state index contributed by atoms with van der Waals surface area (Å²) in [5, 5.41) is 8.85. The SMILES string of the molecule is COCCN1CCN(CC2(C#N)CC2S(C)(=O)=O)CC1. The quantitative estimate of drug-likeness (QED) is 0.663. The summed E-state index contributed by atoms with van der Waals surface area (Å²) in [6.45, 7) is 5.94. The van der Waals surface area contributed by atoms with E-state index in [2.05, 4.69) is 15.9 Å². The zero-order chi connectivity index (χ0) is 14.8. The standard InChI is InChI=1S/C13H23N3O3S/c1-19-8-7-15-3-5-16(6-4-15)11-13(10-14)9-12(13)20(2,17)18/h12H,3-9,11H2,1-2H3. The second kappa shape index (κ2) is 5.98. The van der Waals surface area contributed by atoms with Gasteiger partial charge in [0.15, 0.2) is 9.84 Å². The summed E-state index contributed by atoms with van der Waals surface area (Å²) in [6.07, 6.45) is 1.73. The Balaban J connectivity index is 1.83. The van der Waals surface area contributed by atoms with Gasteiger partial charge in [0.2, 0.25) is 0 Å². The van der Waals surface area contributed by atoms with Crippen molar-refractivity contribution in [3.63, 3.8) is 0 Å². The van der Waals surface area contributed by atoms with Crippen LogP contribution in [0.3, 0.4) is 0 Å². The van der Waals surface area contributed by atoms with E-state index in [-0.39, 0.29) is 0 Å². The topological polar surface area (TPSA) is 73.6 Å². The van der Waals surface area contributed by atoms with Gasteiger partial charge >= 0.3 is 0 Å². The maximum atomic E-state index is 11.6. The van der Waals surface area contributed by atoms with Crippen molar-refractivity contribution in [2.75, 3.05) is 59.2 Å². The number of methoxy groups -OCH3 is 1. The molecule has 1 heterocycles. The third kappa shape index (κ3) is 3.50. The van der Waals surface area contributed by atoms with Crippen LogP contribution in [0.25, 0.3) is 0 Å². The Kier molecular flexibility index (Phi) is 4.69. The molecule has 1 saturated heterocycles. The molecule has 1 saturated carbocycles. The molecule has 0 radical (unpaired) electrons. The fourth-order valence-electron chi connectivity index (χ4n) is 2.94. The van der Waals surface area contributed by atoms with E-state index in [1.54, 1.807) is 7.11 Å². The molecule has 0 aromatic heterocycles. The van der Waals surface area contributed by atoms with Gasteiger partial charge in [0.1, 0.15) is 0 Å². The lowest BCUT2D eigenvalue weighted by Gasteiger charge is -2.35. The van der Waals surface area contributed by atoms with Gasteiger partial charge in [-0.05, 0) is 6.42 Å². The van der Waals surface area contributed by atoms with E-state index < -0.39 is 20.5 Å². The van der Waals surface area contributed by atoms with Crippen molar-refractivity contribution >= 4 is 9.84 Å². The van der Waals surface area contributed by atoms with E-state index in [1.165, 1.54) is 6.26 Å². The molecule has 114 valence electrons. The number of sulfone groups is 1. The fraction of sp³-hybridized carbons (Fsp3) is 0.923. The molecule has 2 unspecified atom stereocenters. The maximum absolute atomic E-state index is 11.6. The monoisotopic (exact) mass is 301 g/mol. The van der Waals surface area contributed by atoms with Crippen molar-refractivity contribution in [1.82, 2.24) is 9.80 Å². The van der Waals surface area contributed by atoms with Gasteiger partial charge in [-0.15, -0.1) is 0 Å². The molecule has 2 rings (SSSR count). The molecule has 20 heavy (non-hydrogen) atoms. The van der Waals surface area contributed by atoms with Gasteiger partial charge < -0.3 is 4.74 Å². The van der Waals surface area contributed by atoms with E-state index in [0.717, 1.165) is 39.3 Å². The summed E-state index contributed by atoms with van der Waals surface area (Å²) in [5.74, 6) is 0. The van der Waals surface area contributed by atoms with E-state index in [4.69, 9.17) is 4.74 Å². The maximum Gasteiger partial charge on any atom is 0.151 e. The smallest absolute Gasteiger partial charge is 0.151 e. The first-order chi connectivity index (χ1) is 9.41. The van der Waals surface area contributed by atoms with Crippen molar-refractivity contribution in [2.45, 2.75) is 11.7 Å². The Labute approximate surface area is 121 Å². The van der Waals surface area contributed by atoms with Gasteiger partial charge in [-0.3, -0.25) is 9.80 Å². The molecule has 2 atom stereocenters. The summed E-state index contributed by atoms with van der Waals surface area (Å²) < 4.78 is 28.2. The molecule has 0 N–H and O–H groups in total. The third-order valence-corrected chi connectivity index (χ3v) is 5.98. The molecule has 2 aliphatic rings. The van der Waals surface area contributed by atoms with Crippen LogP contribution in [0.1, 0.15) is 6.42 Å². The van der Waals surface area contributed by atoms with Gasteiger partial charge in [0, 0.05) is 52.6 Å². The summed E-state index contributed by atoms with van der Waals surface area (Å²) in [5.41, 5.74) is -0.664. The molecular formula is C13H23N3O3S. The zero-order valence-electron chi connectivity index (χ0n) is 12.2. The number of piperazine rings is 1. The van der Waals surface area contributed by atoms with Crippen LogP contribution in [0.2, 0.25) is 0 Å². The average Bonchev–Trinajstić information content (AvgIpc) is 3.13. The summed E-state index contributed by atoms with van der Waals surface area (Å²) >= 11 is 0. The van der Waals surface area contributed by atoms with E-state index in [0.29, 0.717) is 13.0 Å². The number of ether oxygens (including phenoxy) is 1. The first-order valence-electron chi connectivity index (χ1n) is 6.95. The number of hydrogen-bond acceptors (Lipinski definition) is 6. The second-order valence-corrected chi connectivity index (χ2v) is 8.13. The van der Waals surface area contributed by atoms with Crippen LogP contribution >= 0.6 is 0 Å². The zero-order valence-corrected chi connectivity index (χ0v) is 13.0. The van der Waals surface area contributed by atoms with Crippen molar-refractivity contribution in [3.05, 3.63) is 0 Å². The third-order valence-electron chi connectivity index (χ3n) is 4.33. The first-order valence-corrected chi connectivity index (χ1v) is 8.90. The van der Waals surface area contributed by atoms with Crippen LogP contribution in [-0.2, 0) is 14.6 Å². The Morgan fingerprint density at radius 3 is 2.35 bits per heavy atom. The highest BCUT2D eigenvalue weighted by Crippen LogP contribution is 2.50. The average molecular weight is 301 g/mol. The predicted molar refractivity (Wildman–Crippen MR) is 76.1 cm³/mol. The van der Waals surface area contributed by atoms with Crippen molar-refractivity contribution < 1.29 is 13.2 Å². The highest BCUT2D eigenvalue weighted by Gasteiger charge is 2.61. The van der Waals surface area contributed by atoms with Gasteiger partial charge in [0.25, 0.3) is 0 Å². The second-order valence-electron chi connectivity index (χ2n) is 5.90. The van der Waals surface area contributed by atoms with Crippen LogP contribution in [0.4, 0.5) is 0 Å². The van der Waals surface area contributed by atoms with Gasteiger partial charge in [0.05, 0.1) is 23.3 Å². The number of nitriles is 1. The Morgan fingerprint density at radius 2 is 1.90 bits per heavy atom. The molecule has 0 amide bonds. The van der Waals surface area contributed by atoms with Gasteiger partial charge in [-0.1, -0.05) is 0 Å². The molecule has 1 aliphatic carbocycles. The molecule has 2 fully saturated rings. The largest absolute Gasteiger partial charge is 0.383 e. The Hall–Kier alpha value is -0.680. The van der Waals surface area contributed by atoms with Crippen LogP contribution in [0.5, 0.6) is 0 Å². The van der Waals surface area contributed by atoms with Crippen molar-refractivity contribution in [1.29, 1.82) is 5.26 Å². The lowest BCUT2D eigenvalue weighted by molar-refractivity contribution is 0.0910. The highest BCUT2D eigenvalue weighted by molar-refractivity contribution is 7.91. The molecule has 7 heteroatoms. The number of nitrogens with zero attached hydrogens (tertiary/aromatic N) is 3. The molecule has 0 aromatic carbocycles. The molecule has 1 aliphatic heterocycles. The summed E-state index contributed by atoms with van der Waals surface area (Å²) in [4.78, 5) is 4.55. The molecule has 0 bridgehead atoms. The number of rotatable bonds is 6. The fourth-order valence-corrected chi connectivity index (χ4v) is 4.49. The van der Waals surface area contributed by atoms with Gasteiger partial charge in [-0.25, -0.2) is 8.42 Å². The van der Waals surface area contributed by atoms with Crippen LogP contribution in [0.15, 0.2) is 0 Å². The Bertz CT molecular complexity index is 480. The minimum absolute atomic E-state index is 0.466. The van der Waals surface area contributed by atoms with Crippen LogP contribution in [0, 0.1) is 16.7 Å². The Morgan fingerprint density at radius 1 is 1.30 bits per heavy atom. The van der Waals surface area contributed by atoms with Crippen LogP contribution in [-0.4, -0.2) is 82.7 Å². The van der Waals surface area contributed by atoms with E-state index in [9.17, 15) is 13.7 Å². The number of hydrogen-bond donors (Lipinski definition) is 0. The normalized spacial score (nSPS) is 31.9. The van der Waals surface area contributed by atoms with E-state index >= 15 is 0 Å². The minimum atomic E-state index is -3.10. The lowest BCUT2D eigenvalue weighted by atomic mass is 10.1. The van der Waals surface area contributed by atoms with Crippen LogP contribution < -0.4 is 0 Å². The molecule has 6 nitrogen and oxygen atoms in total. The summed E-state index contributed by atoms with van der Waals surface area (Å²) in [6, 6.07) is 2.25. The first kappa shape index (κ1) is 15.7. The molecular weight excluding hydrogens is 278 g/mol.